The lowest BCUT2D eigenvalue weighted by Gasteiger charge is -2.17. The van der Waals surface area contributed by atoms with Gasteiger partial charge in [0.2, 0.25) is 0 Å². The van der Waals surface area contributed by atoms with Crippen molar-refractivity contribution < 1.29 is 4.74 Å². The lowest BCUT2D eigenvalue weighted by atomic mass is 9.94. The lowest BCUT2D eigenvalue weighted by Crippen LogP contribution is -2.22. The molecule has 3 aromatic rings. The van der Waals surface area contributed by atoms with E-state index in [2.05, 4.69) is 9.98 Å². The van der Waals surface area contributed by atoms with Crippen molar-refractivity contribution in [2.24, 2.45) is 22.2 Å². The molecule has 0 amide bonds. The zero-order valence-electron chi connectivity index (χ0n) is 18.4. The highest BCUT2D eigenvalue weighted by atomic mass is 16.5. The van der Waals surface area contributed by atoms with Crippen molar-refractivity contribution in [3.63, 3.8) is 0 Å². The molecule has 8 heteroatoms. The second-order valence-corrected chi connectivity index (χ2v) is 7.53. The Morgan fingerprint density at radius 2 is 1.97 bits per heavy atom. The molecule has 32 heavy (non-hydrogen) atoms. The first-order valence-corrected chi connectivity index (χ1v) is 10.8. The fraction of sp³-hybridized carbons (Fsp3) is 0.333. The number of hydrogen-bond acceptors (Lipinski definition) is 6. The van der Waals surface area contributed by atoms with E-state index in [1.54, 1.807) is 13.3 Å². The van der Waals surface area contributed by atoms with E-state index in [0.717, 1.165) is 53.7 Å². The van der Waals surface area contributed by atoms with Crippen LogP contribution in [-0.2, 0) is 0 Å². The van der Waals surface area contributed by atoms with E-state index in [-0.39, 0.29) is 11.9 Å². The normalized spacial score (nSPS) is 12.2. The highest BCUT2D eigenvalue weighted by molar-refractivity contribution is 5.84. The van der Waals surface area contributed by atoms with Gasteiger partial charge in [0.15, 0.2) is 11.8 Å². The molecule has 8 nitrogen and oxygen atoms in total. The summed E-state index contributed by atoms with van der Waals surface area (Å²) < 4.78 is 5.43. The zero-order valence-corrected chi connectivity index (χ0v) is 18.4. The number of pyridine rings is 1. The average molecular weight is 434 g/mol. The first-order chi connectivity index (χ1) is 15.6. The van der Waals surface area contributed by atoms with E-state index in [1.807, 2.05) is 48.6 Å². The minimum absolute atomic E-state index is 0.109. The van der Waals surface area contributed by atoms with Crippen LogP contribution < -0.4 is 21.9 Å². The molecule has 0 aliphatic heterocycles. The topological polar surface area (TPSA) is 138 Å². The number of nitrogens with two attached hydrogens (primary N) is 3. The predicted molar refractivity (Wildman–Crippen MR) is 130 cm³/mol. The van der Waals surface area contributed by atoms with E-state index in [4.69, 9.17) is 31.9 Å². The van der Waals surface area contributed by atoms with Gasteiger partial charge in [0, 0.05) is 30.6 Å². The molecule has 0 aliphatic rings. The summed E-state index contributed by atoms with van der Waals surface area (Å²) in [7, 11) is 1.66. The minimum atomic E-state index is 0.109. The summed E-state index contributed by atoms with van der Waals surface area (Å²) in [5, 5.41) is 0.968. The summed E-state index contributed by atoms with van der Waals surface area (Å²) in [5.74, 6) is 1.65. The number of hydrogen-bond donors (Lipinski definition) is 3. The molecule has 0 saturated carbocycles. The number of nitrogens with zero attached hydrogens (tertiary/aromatic N) is 4. The van der Waals surface area contributed by atoms with Crippen molar-refractivity contribution in [3.8, 4) is 5.75 Å². The summed E-state index contributed by atoms with van der Waals surface area (Å²) in [6.45, 7) is 1.15. The molecule has 3 rings (SSSR count). The molecule has 0 spiro atoms. The number of ether oxygens (including phenoxy) is 1. The van der Waals surface area contributed by atoms with Gasteiger partial charge in [-0.3, -0.25) is 9.98 Å². The Bertz CT molecular complexity index is 1060. The molecule has 2 aromatic heterocycles. The summed E-state index contributed by atoms with van der Waals surface area (Å²) >= 11 is 0. The highest BCUT2D eigenvalue weighted by Crippen LogP contribution is 2.29. The van der Waals surface area contributed by atoms with Crippen LogP contribution in [0.3, 0.4) is 0 Å². The van der Waals surface area contributed by atoms with Crippen molar-refractivity contribution >= 4 is 29.0 Å². The van der Waals surface area contributed by atoms with Crippen LogP contribution in [0.1, 0.15) is 48.8 Å². The maximum Gasteiger partial charge on any atom is 0.185 e. The quantitative estimate of drug-likeness (QED) is 0.240. The second kappa shape index (κ2) is 11.8. The number of fused-ring (bicyclic) bond motifs is 1. The first-order valence-electron chi connectivity index (χ1n) is 10.8. The van der Waals surface area contributed by atoms with Gasteiger partial charge in [-0.2, -0.15) is 0 Å². The molecule has 1 atom stereocenters. The van der Waals surface area contributed by atoms with E-state index in [9.17, 15) is 0 Å². The Kier molecular flexibility index (Phi) is 8.51. The molecule has 1 unspecified atom stereocenters. The molecule has 0 bridgehead atoms. The zero-order chi connectivity index (χ0) is 22.8. The van der Waals surface area contributed by atoms with Crippen molar-refractivity contribution in [3.05, 3.63) is 59.8 Å². The van der Waals surface area contributed by atoms with Gasteiger partial charge in [0.25, 0.3) is 0 Å². The largest absolute Gasteiger partial charge is 0.497 e. The summed E-state index contributed by atoms with van der Waals surface area (Å²) in [5.41, 5.74) is 19.6. The van der Waals surface area contributed by atoms with Gasteiger partial charge < -0.3 is 21.9 Å². The molecule has 2 heterocycles. The molecular formula is C24H31N7O. The molecule has 0 radical (unpaired) electrons. The van der Waals surface area contributed by atoms with Gasteiger partial charge in [-0.05, 0) is 55.3 Å². The van der Waals surface area contributed by atoms with Crippen LogP contribution in [0.15, 0.2) is 47.6 Å². The summed E-state index contributed by atoms with van der Waals surface area (Å²) in [6, 6.07) is 11.6. The Balaban J connectivity index is 1.85. The Hall–Kier alpha value is -3.52. The van der Waals surface area contributed by atoms with Crippen LogP contribution in [0.25, 0.3) is 23.1 Å². The van der Waals surface area contributed by atoms with Gasteiger partial charge in [0.05, 0.1) is 24.0 Å². The van der Waals surface area contributed by atoms with E-state index in [1.165, 1.54) is 0 Å². The third-order valence-electron chi connectivity index (χ3n) is 5.22. The van der Waals surface area contributed by atoms with Crippen molar-refractivity contribution in [1.82, 2.24) is 15.0 Å². The van der Waals surface area contributed by atoms with E-state index >= 15 is 0 Å². The molecule has 0 saturated heterocycles. The third-order valence-corrected chi connectivity index (χ3v) is 5.22. The van der Waals surface area contributed by atoms with Crippen molar-refractivity contribution in [2.75, 3.05) is 20.2 Å². The van der Waals surface area contributed by atoms with Crippen LogP contribution in [0.5, 0.6) is 5.75 Å². The molecule has 0 fully saturated rings. The Morgan fingerprint density at radius 1 is 1.09 bits per heavy atom. The van der Waals surface area contributed by atoms with Crippen LogP contribution >= 0.6 is 0 Å². The fourth-order valence-corrected chi connectivity index (χ4v) is 3.55. The van der Waals surface area contributed by atoms with Crippen LogP contribution in [0.2, 0.25) is 0 Å². The van der Waals surface area contributed by atoms with Gasteiger partial charge in [0.1, 0.15) is 5.75 Å². The summed E-state index contributed by atoms with van der Waals surface area (Å²) in [4.78, 5) is 18.0. The number of aliphatic imine (C=N–C) groups is 1. The van der Waals surface area contributed by atoms with Gasteiger partial charge in [-0.15, -0.1) is 0 Å². The van der Waals surface area contributed by atoms with Gasteiger partial charge in [-0.25, -0.2) is 9.97 Å². The van der Waals surface area contributed by atoms with Crippen LogP contribution in [-0.4, -0.2) is 41.1 Å². The monoisotopic (exact) mass is 433 g/mol. The molecular weight excluding hydrogens is 402 g/mol. The first kappa shape index (κ1) is 23.1. The van der Waals surface area contributed by atoms with E-state index < -0.39 is 0 Å². The number of rotatable bonds is 11. The lowest BCUT2D eigenvalue weighted by molar-refractivity contribution is 0.415. The number of aromatic nitrogens is 3. The number of unbranched alkanes of at least 4 members (excludes halogenated alkanes) is 2. The molecule has 168 valence electrons. The average Bonchev–Trinajstić information content (AvgIpc) is 2.82. The van der Waals surface area contributed by atoms with Gasteiger partial charge in [-0.1, -0.05) is 18.9 Å². The summed E-state index contributed by atoms with van der Waals surface area (Å²) in [6.07, 6.45) is 9.45. The third kappa shape index (κ3) is 6.49. The minimum Gasteiger partial charge on any atom is -0.497 e. The van der Waals surface area contributed by atoms with Crippen molar-refractivity contribution in [1.29, 1.82) is 0 Å². The SMILES string of the molecule is COc1ccc2nc(C=Cc3ccccn3)nc(C(CN)CCCCCN=C(N)N)c2c1. The number of methoxy groups -OCH3 is 1. The second-order valence-electron chi connectivity index (χ2n) is 7.53. The smallest absolute Gasteiger partial charge is 0.185 e. The molecule has 0 aliphatic carbocycles. The number of benzene rings is 1. The Labute approximate surface area is 188 Å². The fourth-order valence-electron chi connectivity index (χ4n) is 3.55. The highest BCUT2D eigenvalue weighted by Gasteiger charge is 2.17. The predicted octanol–water partition coefficient (Wildman–Crippen LogP) is 3.08. The van der Waals surface area contributed by atoms with Crippen molar-refractivity contribution in [2.45, 2.75) is 31.6 Å². The Morgan fingerprint density at radius 3 is 2.69 bits per heavy atom. The van der Waals surface area contributed by atoms with Crippen LogP contribution in [0, 0.1) is 0 Å². The molecule has 6 N–H and O–H groups in total. The number of guanidine groups is 1. The van der Waals surface area contributed by atoms with Gasteiger partial charge >= 0.3 is 0 Å². The maximum absolute atomic E-state index is 6.19. The van der Waals surface area contributed by atoms with E-state index in [0.29, 0.717) is 18.9 Å². The molecule has 1 aromatic carbocycles. The standard InChI is InChI=1S/C24H31N7O/c1-32-19-10-11-21-20(15-19)23(17(16-25)7-3-2-5-14-29-24(26)27)31-22(30-21)12-9-18-8-4-6-13-28-18/h4,6,8-13,15,17H,2-3,5,7,14,16,25H2,1H3,(H4,26,27,29). The van der Waals surface area contributed by atoms with Crippen LogP contribution in [0.4, 0.5) is 0 Å². The maximum atomic E-state index is 6.19.